The maximum absolute atomic E-state index is 13.1. The van der Waals surface area contributed by atoms with E-state index in [0.29, 0.717) is 21.7 Å². The Morgan fingerprint density at radius 3 is 2.18 bits per heavy atom. The fourth-order valence-corrected chi connectivity index (χ4v) is 3.74. The molecule has 0 N–H and O–H groups in total. The van der Waals surface area contributed by atoms with Gasteiger partial charge in [0.05, 0.1) is 15.0 Å². The number of benzene rings is 3. The molecule has 0 heterocycles. The summed E-state index contributed by atoms with van der Waals surface area (Å²) in [5.74, 6) is -0.140. The Hall–Kier alpha value is -2.40. The van der Waals surface area contributed by atoms with Crippen molar-refractivity contribution < 1.29 is 9.72 Å². The summed E-state index contributed by atoms with van der Waals surface area (Å²) < 4.78 is 0. The van der Waals surface area contributed by atoms with Crippen molar-refractivity contribution in [3.63, 3.8) is 0 Å². The van der Waals surface area contributed by atoms with Gasteiger partial charge < -0.3 is 0 Å². The van der Waals surface area contributed by atoms with Gasteiger partial charge in [-0.1, -0.05) is 53.0 Å². The molecule has 0 saturated heterocycles. The zero-order valence-electron chi connectivity index (χ0n) is 14.7. The van der Waals surface area contributed by atoms with Gasteiger partial charge in [0.1, 0.15) is 0 Å². The summed E-state index contributed by atoms with van der Waals surface area (Å²) in [6, 6.07) is 14.7. The zero-order valence-corrected chi connectivity index (χ0v) is 17.0. The van der Waals surface area contributed by atoms with Gasteiger partial charge in [0.15, 0.2) is 5.78 Å². The third kappa shape index (κ3) is 4.20. The number of halogens is 3. The van der Waals surface area contributed by atoms with E-state index < -0.39 is 4.92 Å². The summed E-state index contributed by atoms with van der Waals surface area (Å²) in [4.78, 5) is 23.5. The van der Waals surface area contributed by atoms with Crippen LogP contribution in [0, 0.1) is 17.0 Å². The molecule has 0 unspecified atom stereocenters. The van der Waals surface area contributed by atoms with Gasteiger partial charge in [-0.15, -0.1) is 0 Å². The molecule has 0 aliphatic heterocycles. The highest BCUT2D eigenvalue weighted by molar-refractivity contribution is 6.36. The number of ketones is 1. The second-order valence-electron chi connectivity index (χ2n) is 6.27. The lowest BCUT2D eigenvalue weighted by Gasteiger charge is -2.14. The summed E-state index contributed by atoms with van der Waals surface area (Å²) >= 11 is 18.4. The van der Waals surface area contributed by atoms with Crippen LogP contribution in [0.1, 0.15) is 32.6 Å². The quantitative estimate of drug-likeness (QED) is 0.255. The summed E-state index contributed by atoms with van der Waals surface area (Å²) in [5.41, 5.74) is 2.96. The lowest BCUT2D eigenvalue weighted by molar-refractivity contribution is -0.384. The van der Waals surface area contributed by atoms with Crippen LogP contribution in [-0.4, -0.2) is 10.7 Å². The molecule has 0 amide bonds. The second kappa shape index (κ2) is 8.31. The van der Waals surface area contributed by atoms with Crippen LogP contribution in [0.5, 0.6) is 0 Å². The molecule has 3 rings (SSSR count). The van der Waals surface area contributed by atoms with Gasteiger partial charge >= 0.3 is 0 Å². The number of hydrogen-bond acceptors (Lipinski definition) is 3. The van der Waals surface area contributed by atoms with Crippen molar-refractivity contribution in [2.75, 3.05) is 0 Å². The zero-order chi connectivity index (χ0) is 20.4. The third-order valence-corrected chi connectivity index (χ3v) is 5.32. The number of aryl methyl sites for hydroxylation is 1. The highest BCUT2D eigenvalue weighted by Crippen LogP contribution is 2.33. The number of carbonyl (C=O) groups is 1. The molecule has 142 valence electrons. The van der Waals surface area contributed by atoms with E-state index in [1.165, 1.54) is 12.1 Å². The van der Waals surface area contributed by atoms with Gasteiger partial charge in [-0.3, -0.25) is 14.9 Å². The molecule has 0 radical (unpaired) electrons. The molecule has 0 aliphatic carbocycles. The van der Waals surface area contributed by atoms with E-state index in [-0.39, 0.29) is 27.9 Å². The Balaban J connectivity index is 2.05. The average Bonchev–Trinajstić information content (AvgIpc) is 2.64. The van der Waals surface area contributed by atoms with Gasteiger partial charge in [0.25, 0.3) is 5.69 Å². The molecule has 0 saturated carbocycles. The second-order valence-corrected chi connectivity index (χ2v) is 7.52. The number of carbonyl (C=O) groups excluding carboxylic acids is 1. The van der Waals surface area contributed by atoms with Crippen molar-refractivity contribution in [1.29, 1.82) is 0 Å². The van der Waals surface area contributed by atoms with Gasteiger partial charge in [-0.2, -0.15) is 0 Å². The lowest BCUT2D eigenvalue weighted by Crippen LogP contribution is -2.09. The topological polar surface area (TPSA) is 60.2 Å². The number of nitrogens with zero attached hydrogens (tertiary/aromatic N) is 1. The molecule has 3 aromatic rings. The Labute approximate surface area is 176 Å². The number of non-ortho nitro benzene ring substituents is 1. The lowest BCUT2D eigenvalue weighted by atomic mass is 9.91. The van der Waals surface area contributed by atoms with Crippen LogP contribution in [0.4, 0.5) is 5.69 Å². The maximum Gasteiger partial charge on any atom is 0.272 e. The van der Waals surface area contributed by atoms with Gasteiger partial charge in [-0.25, -0.2) is 0 Å². The highest BCUT2D eigenvalue weighted by atomic mass is 35.5. The van der Waals surface area contributed by atoms with Crippen molar-refractivity contribution in [3.8, 4) is 0 Å². The molecule has 0 bridgehead atoms. The number of rotatable bonds is 5. The SMILES string of the molecule is Cc1cccc(Cc2c(Cl)cc([N+](=O)[O-])cc2Cl)c1C(=O)c1ccc(Cl)cc1. The summed E-state index contributed by atoms with van der Waals surface area (Å²) in [5, 5.41) is 11.9. The van der Waals surface area contributed by atoms with E-state index in [1.54, 1.807) is 24.3 Å². The number of hydrogen-bond donors (Lipinski definition) is 0. The number of nitro groups is 1. The highest BCUT2D eigenvalue weighted by Gasteiger charge is 2.20. The van der Waals surface area contributed by atoms with Gasteiger partial charge in [-0.05, 0) is 47.9 Å². The first-order valence-corrected chi connectivity index (χ1v) is 9.42. The molecular formula is C21H14Cl3NO3. The van der Waals surface area contributed by atoms with Crippen molar-refractivity contribution in [2.45, 2.75) is 13.3 Å². The first-order valence-electron chi connectivity index (χ1n) is 8.29. The minimum absolute atomic E-state index is 0.140. The molecule has 0 fully saturated rings. The average molecular weight is 435 g/mol. The van der Waals surface area contributed by atoms with E-state index in [1.807, 2.05) is 25.1 Å². The minimum Gasteiger partial charge on any atom is -0.289 e. The van der Waals surface area contributed by atoms with Gasteiger partial charge in [0.2, 0.25) is 0 Å². The van der Waals surface area contributed by atoms with Crippen LogP contribution in [0.3, 0.4) is 0 Å². The summed E-state index contributed by atoms with van der Waals surface area (Å²) in [6.45, 7) is 1.85. The number of nitro benzene ring substituents is 1. The van der Waals surface area contributed by atoms with Crippen LogP contribution in [0.15, 0.2) is 54.6 Å². The Morgan fingerprint density at radius 1 is 1.00 bits per heavy atom. The summed E-state index contributed by atoms with van der Waals surface area (Å²) in [7, 11) is 0. The molecule has 0 spiro atoms. The van der Waals surface area contributed by atoms with Crippen molar-refractivity contribution in [3.05, 3.63) is 108 Å². The molecular weight excluding hydrogens is 421 g/mol. The monoisotopic (exact) mass is 433 g/mol. The van der Waals surface area contributed by atoms with Crippen molar-refractivity contribution >= 4 is 46.3 Å². The molecule has 0 atom stereocenters. The standard InChI is InChI=1S/C21H14Cl3NO3/c1-12-3-2-4-14(20(12)21(26)13-5-7-15(22)8-6-13)9-17-18(23)10-16(25(27)28)11-19(17)24/h2-8,10-11H,9H2,1H3. The Kier molecular flexibility index (Phi) is 6.04. The predicted octanol–water partition coefficient (Wildman–Crippen LogP) is 6.69. The smallest absolute Gasteiger partial charge is 0.272 e. The first kappa shape index (κ1) is 20.3. The predicted molar refractivity (Wildman–Crippen MR) is 112 cm³/mol. The van der Waals surface area contributed by atoms with Crippen LogP contribution in [0.25, 0.3) is 0 Å². The minimum atomic E-state index is -0.552. The maximum atomic E-state index is 13.1. The Bertz CT molecular complexity index is 1060. The third-order valence-electron chi connectivity index (χ3n) is 4.40. The fourth-order valence-electron chi connectivity index (χ4n) is 3.00. The van der Waals surface area contributed by atoms with Crippen LogP contribution in [-0.2, 0) is 6.42 Å². The van der Waals surface area contributed by atoms with Gasteiger partial charge in [0, 0.05) is 34.7 Å². The molecule has 28 heavy (non-hydrogen) atoms. The fraction of sp³-hybridized carbons (Fsp3) is 0.0952. The molecule has 3 aromatic carbocycles. The van der Waals surface area contributed by atoms with E-state index in [4.69, 9.17) is 34.8 Å². The normalized spacial score (nSPS) is 10.7. The van der Waals surface area contributed by atoms with E-state index in [9.17, 15) is 14.9 Å². The Morgan fingerprint density at radius 2 is 1.61 bits per heavy atom. The van der Waals surface area contributed by atoms with Crippen LogP contribution < -0.4 is 0 Å². The summed E-state index contributed by atoms with van der Waals surface area (Å²) in [6.07, 6.45) is 0.270. The van der Waals surface area contributed by atoms with E-state index in [2.05, 4.69) is 0 Å². The molecule has 0 aromatic heterocycles. The largest absolute Gasteiger partial charge is 0.289 e. The molecule has 4 nitrogen and oxygen atoms in total. The van der Waals surface area contributed by atoms with Crippen LogP contribution >= 0.6 is 34.8 Å². The van der Waals surface area contributed by atoms with E-state index in [0.717, 1.165) is 11.1 Å². The molecule has 0 aliphatic rings. The van der Waals surface area contributed by atoms with E-state index >= 15 is 0 Å². The first-order chi connectivity index (χ1) is 13.3. The van der Waals surface area contributed by atoms with Crippen LogP contribution in [0.2, 0.25) is 15.1 Å². The van der Waals surface area contributed by atoms with Crippen molar-refractivity contribution in [2.24, 2.45) is 0 Å². The molecule has 7 heteroatoms. The van der Waals surface area contributed by atoms with Crippen molar-refractivity contribution in [1.82, 2.24) is 0 Å².